The molecule has 8 heteroatoms. The van der Waals surface area contributed by atoms with Gasteiger partial charge in [-0.25, -0.2) is 9.98 Å². The van der Waals surface area contributed by atoms with Gasteiger partial charge in [0, 0.05) is 16.7 Å². The summed E-state index contributed by atoms with van der Waals surface area (Å²) in [5, 5.41) is 13.3. The van der Waals surface area contributed by atoms with E-state index in [1.54, 1.807) is 11.8 Å². The van der Waals surface area contributed by atoms with Crippen molar-refractivity contribution in [1.82, 2.24) is 9.97 Å². The normalized spacial score (nSPS) is 20.1. The lowest BCUT2D eigenvalue weighted by atomic mass is 9.95. The number of benzene rings is 1. The summed E-state index contributed by atoms with van der Waals surface area (Å²) in [5.74, 6) is 2.05. The molecule has 0 bridgehead atoms. The quantitative estimate of drug-likeness (QED) is 0.336. The number of rotatable bonds is 10. The number of thioether (sulfide) groups is 1. The Balaban J connectivity index is 1.52. The molecule has 38 heavy (non-hydrogen) atoms. The predicted octanol–water partition coefficient (Wildman–Crippen LogP) is 7.07. The second kappa shape index (κ2) is 13.1. The molecule has 2 unspecified atom stereocenters. The van der Waals surface area contributed by atoms with Crippen molar-refractivity contribution in [2.24, 2.45) is 10.9 Å². The van der Waals surface area contributed by atoms with Crippen LogP contribution in [0.2, 0.25) is 0 Å². The van der Waals surface area contributed by atoms with E-state index in [0.29, 0.717) is 35.8 Å². The zero-order valence-corrected chi connectivity index (χ0v) is 23.6. The van der Waals surface area contributed by atoms with Gasteiger partial charge >= 0.3 is 5.97 Å². The molecular weight excluding hydrogens is 496 g/mol. The number of carboxylic acid groups (broad SMARTS) is 1. The number of carboxylic acids is 1. The Kier molecular flexibility index (Phi) is 9.61. The molecule has 4 rings (SSSR count). The number of allylic oxidation sites excluding steroid dienone is 1. The van der Waals surface area contributed by atoms with Crippen LogP contribution in [0.1, 0.15) is 76.1 Å². The van der Waals surface area contributed by atoms with Crippen LogP contribution < -0.4 is 5.32 Å². The van der Waals surface area contributed by atoms with Crippen molar-refractivity contribution in [2.45, 2.75) is 83.1 Å². The maximum atomic E-state index is 10.7. The smallest absolute Gasteiger partial charge is 0.306 e. The van der Waals surface area contributed by atoms with Crippen LogP contribution in [-0.4, -0.2) is 38.7 Å². The molecule has 1 aliphatic carbocycles. The van der Waals surface area contributed by atoms with Crippen molar-refractivity contribution < 1.29 is 14.6 Å². The standard InChI is InChI=1S/C30H38N4O3S/c1-5-21-7-12-25-20(4)6-13-28(38-26(25)17-21)33-27-18-23(16-19(2)3)32-30(34-27)31-22-8-10-24(11-9-22)37-15-14-29(35)36/h7-8,10-12,17-20,22H,5-6,9,13-16H2,1-4H3,(H,35,36)(H,31,32,34). The van der Waals surface area contributed by atoms with Gasteiger partial charge in [-0.05, 0) is 73.3 Å². The largest absolute Gasteiger partial charge is 0.493 e. The number of aliphatic imine (C=N–C) groups is 1. The summed E-state index contributed by atoms with van der Waals surface area (Å²) in [6, 6.07) is 8.89. The number of hydrogen-bond acceptors (Lipinski definition) is 7. The van der Waals surface area contributed by atoms with Gasteiger partial charge in [0.05, 0.1) is 24.1 Å². The summed E-state index contributed by atoms with van der Waals surface area (Å²) >= 11 is 1.78. The highest BCUT2D eigenvalue weighted by molar-refractivity contribution is 8.14. The molecular formula is C30H38N4O3S. The summed E-state index contributed by atoms with van der Waals surface area (Å²) in [7, 11) is 0. The zero-order valence-electron chi connectivity index (χ0n) is 22.7. The number of hydrogen-bond donors (Lipinski definition) is 2. The molecule has 0 saturated carbocycles. The molecule has 0 radical (unpaired) electrons. The van der Waals surface area contributed by atoms with Crippen LogP contribution in [0.25, 0.3) is 0 Å². The van der Waals surface area contributed by atoms with E-state index >= 15 is 0 Å². The first-order valence-corrected chi connectivity index (χ1v) is 14.4. The molecule has 0 amide bonds. The van der Waals surface area contributed by atoms with Crippen LogP contribution in [0.5, 0.6) is 0 Å². The van der Waals surface area contributed by atoms with Crippen LogP contribution in [0.4, 0.5) is 11.8 Å². The molecule has 0 fully saturated rings. The van der Waals surface area contributed by atoms with Gasteiger partial charge in [-0.3, -0.25) is 4.79 Å². The fraction of sp³-hybridized carbons (Fsp3) is 0.467. The fourth-order valence-corrected chi connectivity index (χ4v) is 5.75. The molecule has 2 atom stereocenters. The van der Waals surface area contributed by atoms with Crippen molar-refractivity contribution >= 4 is 34.5 Å². The SMILES string of the molecule is CCc1ccc2c(c1)SC(=Nc1cc(CC(C)C)nc(NC3C=CC(OCCC(=O)O)=CC3)n1)CCC2C. The Bertz CT molecular complexity index is 1240. The third-order valence-corrected chi connectivity index (χ3v) is 7.73. The molecule has 2 N–H and O–H groups in total. The third kappa shape index (κ3) is 7.93. The number of aromatic nitrogens is 2. The first kappa shape index (κ1) is 27.9. The van der Waals surface area contributed by atoms with Crippen LogP contribution >= 0.6 is 11.8 Å². The van der Waals surface area contributed by atoms with E-state index in [4.69, 9.17) is 24.8 Å². The second-order valence-electron chi connectivity index (χ2n) is 10.4. The molecule has 2 heterocycles. The van der Waals surface area contributed by atoms with Gasteiger partial charge < -0.3 is 15.2 Å². The lowest BCUT2D eigenvalue weighted by Crippen LogP contribution is -2.20. The van der Waals surface area contributed by atoms with Gasteiger partial charge in [0.25, 0.3) is 0 Å². The van der Waals surface area contributed by atoms with Gasteiger partial charge in [0.1, 0.15) is 5.76 Å². The van der Waals surface area contributed by atoms with Gasteiger partial charge in [-0.2, -0.15) is 4.98 Å². The molecule has 0 saturated heterocycles. The van der Waals surface area contributed by atoms with Gasteiger partial charge in [-0.15, -0.1) is 0 Å². The summed E-state index contributed by atoms with van der Waals surface area (Å²) < 4.78 is 5.53. The Labute approximate surface area is 229 Å². The molecule has 1 aromatic carbocycles. The molecule has 2 aliphatic rings. The second-order valence-corrected chi connectivity index (χ2v) is 11.5. The summed E-state index contributed by atoms with van der Waals surface area (Å²) in [6.45, 7) is 9.03. The van der Waals surface area contributed by atoms with Crippen molar-refractivity contribution in [2.75, 3.05) is 11.9 Å². The fourth-order valence-electron chi connectivity index (χ4n) is 4.54. The van der Waals surface area contributed by atoms with Gasteiger partial charge in [0.2, 0.25) is 5.95 Å². The van der Waals surface area contributed by atoms with Gasteiger partial charge in [0.15, 0.2) is 5.82 Å². The average Bonchev–Trinajstić information content (AvgIpc) is 3.02. The molecule has 2 aromatic rings. The van der Waals surface area contributed by atoms with Gasteiger partial charge in [-0.1, -0.05) is 57.7 Å². The molecule has 1 aliphatic heterocycles. The van der Waals surface area contributed by atoms with Crippen molar-refractivity contribution in [3.05, 3.63) is 65.1 Å². The first-order valence-electron chi connectivity index (χ1n) is 13.5. The number of nitrogens with zero attached hydrogens (tertiary/aromatic N) is 3. The van der Waals surface area contributed by atoms with E-state index in [9.17, 15) is 4.79 Å². The summed E-state index contributed by atoms with van der Waals surface area (Å²) in [5.41, 5.74) is 3.74. The molecule has 1 aromatic heterocycles. The zero-order chi connectivity index (χ0) is 27.1. The average molecular weight is 535 g/mol. The third-order valence-electron chi connectivity index (χ3n) is 6.62. The van der Waals surface area contributed by atoms with Crippen molar-refractivity contribution in [1.29, 1.82) is 0 Å². The highest BCUT2D eigenvalue weighted by atomic mass is 32.2. The monoisotopic (exact) mass is 534 g/mol. The Morgan fingerprint density at radius 3 is 2.84 bits per heavy atom. The van der Waals surface area contributed by atoms with E-state index in [2.05, 4.69) is 51.2 Å². The Morgan fingerprint density at radius 1 is 1.29 bits per heavy atom. The number of aryl methyl sites for hydroxylation is 1. The summed E-state index contributed by atoms with van der Waals surface area (Å²) in [6.07, 6.45) is 10.4. The minimum atomic E-state index is -0.866. The number of ether oxygens (including phenoxy) is 1. The van der Waals surface area contributed by atoms with Crippen LogP contribution in [0.15, 0.2) is 58.1 Å². The minimum absolute atomic E-state index is 0.0167. The maximum absolute atomic E-state index is 10.7. The maximum Gasteiger partial charge on any atom is 0.306 e. The van der Waals surface area contributed by atoms with E-state index in [1.165, 1.54) is 16.0 Å². The highest BCUT2D eigenvalue weighted by Gasteiger charge is 2.20. The highest BCUT2D eigenvalue weighted by Crippen LogP contribution is 2.38. The number of anilines is 1. The van der Waals surface area contributed by atoms with E-state index in [0.717, 1.165) is 36.4 Å². The van der Waals surface area contributed by atoms with Crippen molar-refractivity contribution in [3.8, 4) is 0 Å². The van der Waals surface area contributed by atoms with E-state index in [-0.39, 0.29) is 19.1 Å². The van der Waals surface area contributed by atoms with Crippen molar-refractivity contribution in [3.63, 3.8) is 0 Å². The number of fused-ring (bicyclic) bond motifs is 1. The lowest BCUT2D eigenvalue weighted by molar-refractivity contribution is -0.137. The topological polar surface area (TPSA) is 96.7 Å². The molecule has 7 nitrogen and oxygen atoms in total. The lowest BCUT2D eigenvalue weighted by Gasteiger charge is -2.19. The number of aliphatic carboxylic acids is 1. The van der Waals surface area contributed by atoms with Crippen LogP contribution in [0.3, 0.4) is 0 Å². The predicted molar refractivity (Wildman–Crippen MR) is 154 cm³/mol. The Morgan fingerprint density at radius 2 is 2.13 bits per heavy atom. The van der Waals surface area contributed by atoms with Crippen LogP contribution in [0, 0.1) is 5.92 Å². The first-order chi connectivity index (χ1) is 18.3. The van der Waals surface area contributed by atoms with E-state index < -0.39 is 5.97 Å². The number of carbonyl (C=O) groups is 1. The summed E-state index contributed by atoms with van der Waals surface area (Å²) in [4.78, 5) is 26.6. The minimum Gasteiger partial charge on any atom is -0.493 e. The Hall–Kier alpha value is -3.13. The number of nitrogens with one attached hydrogen (secondary N) is 1. The molecule has 0 spiro atoms. The van der Waals surface area contributed by atoms with Crippen LogP contribution in [-0.2, 0) is 22.4 Å². The molecule has 202 valence electrons. The van der Waals surface area contributed by atoms with E-state index in [1.807, 2.05) is 24.3 Å².